The van der Waals surface area contributed by atoms with E-state index >= 15 is 0 Å². The molecule has 1 amide bonds. The number of nitrogens with one attached hydrogen (secondary N) is 1. The van der Waals surface area contributed by atoms with Gasteiger partial charge in [0.15, 0.2) is 0 Å². The summed E-state index contributed by atoms with van der Waals surface area (Å²) in [5, 5.41) is 2.61. The number of halogens is 3. The Labute approximate surface area is 133 Å². The smallest absolute Gasteiger partial charge is 0.370 e. The van der Waals surface area contributed by atoms with Crippen LogP contribution in [0.5, 0.6) is 0 Å². The topological polar surface area (TPSA) is 58.4 Å². The Morgan fingerprint density at radius 1 is 1.30 bits per heavy atom. The summed E-state index contributed by atoms with van der Waals surface area (Å²) >= 11 is 0. The summed E-state index contributed by atoms with van der Waals surface area (Å²) in [7, 11) is 0. The van der Waals surface area contributed by atoms with Gasteiger partial charge in [-0.2, -0.15) is 13.2 Å². The predicted octanol–water partition coefficient (Wildman–Crippen LogP) is 3.23. The predicted molar refractivity (Wildman–Crippen MR) is 84.4 cm³/mol. The van der Waals surface area contributed by atoms with E-state index in [2.05, 4.69) is 5.32 Å². The van der Waals surface area contributed by atoms with Crippen molar-refractivity contribution in [2.24, 2.45) is 11.7 Å². The van der Waals surface area contributed by atoms with E-state index in [4.69, 9.17) is 5.73 Å². The van der Waals surface area contributed by atoms with E-state index in [9.17, 15) is 18.0 Å². The second-order valence-corrected chi connectivity index (χ2v) is 5.90. The van der Waals surface area contributed by atoms with Crippen molar-refractivity contribution in [2.75, 3.05) is 29.9 Å². The van der Waals surface area contributed by atoms with Crippen molar-refractivity contribution in [1.82, 2.24) is 0 Å². The summed E-state index contributed by atoms with van der Waals surface area (Å²) in [6.07, 6.45) is -1.34. The van der Waals surface area contributed by atoms with E-state index in [-0.39, 0.29) is 18.1 Å². The van der Waals surface area contributed by atoms with Crippen LogP contribution in [-0.4, -0.2) is 25.5 Å². The third-order valence-electron chi connectivity index (χ3n) is 4.08. The minimum Gasteiger partial charge on any atom is -0.370 e. The van der Waals surface area contributed by atoms with Crippen molar-refractivity contribution in [3.05, 3.63) is 23.8 Å². The first-order chi connectivity index (χ1) is 10.8. The molecule has 2 rings (SSSR count). The maximum Gasteiger partial charge on any atom is 0.416 e. The molecule has 1 heterocycles. The van der Waals surface area contributed by atoms with Gasteiger partial charge in [-0.3, -0.25) is 4.79 Å². The molecule has 0 spiro atoms. The summed E-state index contributed by atoms with van der Waals surface area (Å²) in [6, 6.07) is 3.51. The lowest BCUT2D eigenvalue weighted by Crippen LogP contribution is -2.32. The number of benzene rings is 1. The number of hydrogen-bond donors (Lipinski definition) is 2. The lowest BCUT2D eigenvalue weighted by molar-refractivity contribution is -0.137. The summed E-state index contributed by atoms with van der Waals surface area (Å²) < 4.78 is 38.9. The zero-order valence-electron chi connectivity index (χ0n) is 13.1. The van der Waals surface area contributed by atoms with Crippen molar-refractivity contribution < 1.29 is 18.0 Å². The summed E-state index contributed by atoms with van der Waals surface area (Å²) in [5.74, 6) is -0.830. The Balaban J connectivity index is 2.34. The number of alkyl halides is 3. The highest BCUT2D eigenvalue weighted by Gasteiger charge is 2.32. The van der Waals surface area contributed by atoms with Gasteiger partial charge in [-0.15, -0.1) is 0 Å². The average Bonchev–Trinajstić information content (AvgIpc) is 2.54. The molecule has 4 nitrogen and oxygen atoms in total. The Bertz CT molecular complexity index is 554. The highest BCUT2D eigenvalue weighted by molar-refractivity contribution is 5.96. The second kappa shape index (κ2) is 7.21. The van der Waals surface area contributed by atoms with Gasteiger partial charge >= 0.3 is 6.18 Å². The minimum atomic E-state index is -4.45. The minimum absolute atomic E-state index is 0.143. The molecule has 0 radical (unpaired) electrons. The number of amides is 1. The Hall–Kier alpha value is -1.76. The van der Waals surface area contributed by atoms with Crippen LogP contribution >= 0.6 is 0 Å². The average molecular weight is 329 g/mol. The van der Waals surface area contributed by atoms with E-state index in [0.717, 1.165) is 44.5 Å². The fraction of sp³-hybridized carbons (Fsp3) is 0.562. The number of nitrogens with zero attached hydrogens (tertiary/aromatic N) is 1. The fourth-order valence-corrected chi connectivity index (χ4v) is 2.59. The van der Waals surface area contributed by atoms with Gasteiger partial charge in [0, 0.05) is 25.6 Å². The van der Waals surface area contributed by atoms with Crippen molar-refractivity contribution in [2.45, 2.75) is 32.4 Å². The molecule has 23 heavy (non-hydrogen) atoms. The van der Waals surface area contributed by atoms with Gasteiger partial charge in [0.05, 0.1) is 16.9 Å². The lowest BCUT2D eigenvalue weighted by Gasteiger charge is -2.31. The molecule has 128 valence electrons. The van der Waals surface area contributed by atoms with Gasteiger partial charge in [-0.05, 0) is 37.5 Å². The molecule has 0 aliphatic carbocycles. The normalized spacial score (nSPS) is 17.0. The molecule has 1 aliphatic rings. The number of rotatable bonds is 4. The van der Waals surface area contributed by atoms with E-state index in [1.807, 2.05) is 4.90 Å². The van der Waals surface area contributed by atoms with Gasteiger partial charge in [0.25, 0.3) is 0 Å². The molecule has 1 saturated heterocycles. The van der Waals surface area contributed by atoms with Gasteiger partial charge in [-0.1, -0.05) is 6.92 Å². The number of carbonyl (C=O) groups is 1. The zero-order chi connectivity index (χ0) is 17.0. The molecule has 7 heteroatoms. The van der Waals surface area contributed by atoms with Crippen LogP contribution in [0.15, 0.2) is 18.2 Å². The number of anilines is 2. The van der Waals surface area contributed by atoms with Crippen LogP contribution in [-0.2, 0) is 11.0 Å². The summed E-state index contributed by atoms with van der Waals surface area (Å²) in [6.45, 7) is 3.34. The van der Waals surface area contributed by atoms with E-state index in [1.54, 1.807) is 6.92 Å². The second-order valence-electron chi connectivity index (χ2n) is 5.90. The van der Waals surface area contributed by atoms with Crippen LogP contribution in [0, 0.1) is 5.92 Å². The van der Waals surface area contributed by atoms with Crippen molar-refractivity contribution in [3.63, 3.8) is 0 Å². The lowest BCUT2D eigenvalue weighted by atomic mass is 10.1. The highest BCUT2D eigenvalue weighted by Crippen LogP contribution is 2.36. The summed E-state index contributed by atoms with van der Waals surface area (Å²) in [5.41, 5.74) is 5.52. The van der Waals surface area contributed by atoms with E-state index in [1.165, 1.54) is 6.07 Å². The first-order valence-electron chi connectivity index (χ1n) is 7.80. The molecule has 0 aromatic heterocycles. The molecule has 3 N–H and O–H groups in total. The molecule has 1 atom stereocenters. The summed E-state index contributed by atoms with van der Waals surface area (Å²) in [4.78, 5) is 14.1. The maximum absolute atomic E-state index is 13.0. The van der Waals surface area contributed by atoms with Gasteiger partial charge in [-0.25, -0.2) is 0 Å². The van der Waals surface area contributed by atoms with Crippen LogP contribution < -0.4 is 16.0 Å². The number of nitrogens with two attached hydrogens (primary N) is 1. The standard InChI is InChI=1S/C16H22F3N3O/c1-11(10-20)15(23)21-13-9-12(16(17,18)19)5-6-14(13)22-7-3-2-4-8-22/h5-6,9,11H,2-4,7-8,10,20H2,1H3,(H,21,23). The molecule has 0 saturated carbocycles. The number of carbonyl (C=O) groups excluding carboxylic acids is 1. The molecule has 1 aromatic rings. The maximum atomic E-state index is 13.0. The van der Waals surface area contributed by atoms with Crippen LogP contribution in [0.2, 0.25) is 0 Å². The molecule has 1 aromatic carbocycles. The Morgan fingerprint density at radius 3 is 2.52 bits per heavy atom. The molecule has 1 unspecified atom stereocenters. The molecular formula is C16H22F3N3O. The van der Waals surface area contributed by atoms with Gasteiger partial charge in [0.2, 0.25) is 5.91 Å². The largest absolute Gasteiger partial charge is 0.416 e. The van der Waals surface area contributed by atoms with Gasteiger partial charge in [0.1, 0.15) is 0 Å². The Morgan fingerprint density at radius 2 is 1.96 bits per heavy atom. The van der Waals surface area contributed by atoms with Crippen LogP contribution in [0.3, 0.4) is 0 Å². The third kappa shape index (κ3) is 4.37. The zero-order valence-corrected chi connectivity index (χ0v) is 13.1. The third-order valence-corrected chi connectivity index (χ3v) is 4.08. The van der Waals surface area contributed by atoms with Crippen molar-refractivity contribution in [3.8, 4) is 0 Å². The first-order valence-corrected chi connectivity index (χ1v) is 7.80. The van der Waals surface area contributed by atoms with Crippen LogP contribution in [0.1, 0.15) is 31.7 Å². The van der Waals surface area contributed by atoms with Crippen molar-refractivity contribution in [1.29, 1.82) is 0 Å². The number of piperidine rings is 1. The molecule has 1 aliphatic heterocycles. The van der Waals surface area contributed by atoms with Gasteiger partial charge < -0.3 is 16.0 Å². The highest BCUT2D eigenvalue weighted by atomic mass is 19.4. The van der Waals surface area contributed by atoms with Crippen molar-refractivity contribution >= 4 is 17.3 Å². The molecule has 1 fully saturated rings. The Kier molecular flexibility index (Phi) is 5.51. The molecule has 0 bridgehead atoms. The van der Waals surface area contributed by atoms with E-state index < -0.39 is 17.7 Å². The van der Waals surface area contributed by atoms with Crippen LogP contribution in [0.25, 0.3) is 0 Å². The fourth-order valence-electron chi connectivity index (χ4n) is 2.59. The molecular weight excluding hydrogens is 307 g/mol. The monoisotopic (exact) mass is 329 g/mol. The van der Waals surface area contributed by atoms with E-state index in [0.29, 0.717) is 5.69 Å². The number of hydrogen-bond acceptors (Lipinski definition) is 3. The van der Waals surface area contributed by atoms with Crippen LogP contribution in [0.4, 0.5) is 24.5 Å². The quantitative estimate of drug-likeness (QED) is 0.892. The first kappa shape index (κ1) is 17.6. The SMILES string of the molecule is CC(CN)C(=O)Nc1cc(C(F)(F)F)ccc1N1CCCCC1.